The third-order valence-electron chi connectivity index (χ3n) is 1.38. The quantitative estimate of drug-likeness (QED) is 0.486. The van der Waals surface area contributed by atoms with Crippen LogP contribution in [-0.4, -0.2) is 43.5 Å². The van der Waals surface area contributed by atoms with Crippen molar-refractivity contribution in [3.05, 3.63) is 0 Å². The predicted molar refractivity (Wildman–Crippen MR) is 49.5 cm³/mol. The smallest absolute Gasteiger partial charge is 0.209 e. The van der Waals surface area contributed by atoms with E-state index < -0.39 is 0 Å². The maximum atomic E-state index is 10.0. The number of carbonyl (C=O) groups is 1. The lowest BCUT2D eigenvalue weighted by atomic mass is 10.5. The Kier molecular flexibility index (Phi) is 8.61. The van der Waals surface area contributed by atoms with Crippen LogP contribution in [0.15, 0.2) is 0 Å². The first kappa shape index (κ1) is 11.7. The van der Waals surface area contributed by atoms with Crippen LogP contribution in [0.5, 0.6) is 0 Å². The average molecular weight is 194 g/mol. The number of rotatable bonds is 2. The van der Waals surface area contributed by atoms with Crippen molar-refractivity contribution in [1.82, 2.24) is 4.90 Å². The van der Waals surface area contributed by atoms with E-state index in [4.69, 9.17) is 16.3 Å². The van der Waals surface area contributed by atoms with Gasteiger partial charge in [0.15, 0.2) is 0 Å². The zero-order valence-electron chi connectivity index (χ0n) is 7.46. The van der Waals surface area contributed by atoms with Crippen LogP contribution in [0.2, 0.25) is 0 Å². The summed E-state index contributed by atoms with van der Waals surface area (Å²) in [5, 5.41) is 0. The van der Waals surface area contributed by atoms with Gasteiger partial charge in [-0.2, -0.15) is 0 Å². The highest BCUT2D eigenvalue weighted by molar-refractivity contribution is 6.17. The van der Waals surface area contributed by atoms with E-state index in [0.29, 0.717) is 13.2 Å². The maximum absolute atomic E-state index is 10.0. The molecule has 12 heavy (non-hydrogen) atoms. The van der Waals surface area contributed by atoms with Crippen LogP contribution in [0.4, 0.5) is 0 Å². The second-order valence-corrected chi connectivity index (χ2v) is 2.82. The molecule has 0 aromatic heterocycles. The summed E-state index contributed by atoms with van der Waals surface area (Å²) >= 11 is 5.19. The van der Waals surface area contributed by atoms with Crippen molar-refractivity contribution in [3.8, 4) is 0 Å². The Hall–Kier alpha value is -0.280. The van der Waals surface area contributed by atoms with Gasteiger partial charge in [-0.25, -0.2) is 0 Å². The van der Waals surface area contributed by atoms with Crippen molar-refractivity contribution in [2.45, 2.75) is 13.3 Å². The van der Waals surface area contributed by atoms with E-state index in [9.17, 15) is 4.79 Å². The predicted octanol–water partition coefficient (Wildman–Crippen LogP) is 1.11. The summed E-state index contributed by atoms with van der Waals surface area (Å²) < 4.78 is 5.00. The molecule has 1 aliphatic heterocycles. The van der Waals surface area contributed by atoms with E-state index in [2.05, 4.69) is 0 Å². The lowest BCUT2D eigenvalue weighted by Gasteiger charge is -2.21. The topological polar surface area (TPSA) is 29.5 Å². The Labute approximate surface area is 78.6 Å². The third-order valence-corrected chi connectivity index (χ3v) is 1.76. The molecule has 1 fully saturated rings. The summed E-state index contributed by atoms with van der Waals surface area (Å²) in [6, 6.07) is 0. The van der Waals surface area contributed by atoms with Crippen LogP contribution in [-0.2, 0) is 9.53 Å². The number of ether oxygens (including phenoxy) is 1. The Morgan fingerprint density at radius 1 is 1.50 bits per heavy atom. The standard InChI is InChI=1S/C5H9NO2.C3H7Cl/c7-5-6-1-3-8-4-2-6;1-2-3-4/h5H,1-4H2;2-3H2,1H3. The van der Waals surface area contributed by atoms with Crippen LogP contribution in [0.3, 0.4) is 0 Å². The fourth-order valence-corrected chi connectivity index (χ4v) is 0.683. The van der Waals surface area contributed by atoms with Gasteiger partial charge < -0.3 is 9.64 Å². The molecular weight excluding hydrogens is 178 g/mol. The van der Waals surface area contributed by atoms with Gasteiger partial charge in [0.2, 0.25) is 6.41 Å². The molecule has 0 aromatic carbocycles. The van der Waals surface area contributed by atoms with E-state index >= 15 is 0 Å². The zero-order chi connectivity index (χ0) is 9.23. The van der Waals surface area contributed by atoms with Gasteiger partial charge in [0.25, 0.3) is 0 Å². The first-order valence-corrected chi connectivity index (χ1v) is 4.71. The van der Waals surface area contributed by atoms with Gasteiger partial charge in [-0.15, -0.1) is 11.6 Å². The Balaban J connectivity index is 0.000000261. The molecule has 0 atom stereocenters. The molecule has 0 radical (unpaired) electrons. The maximum Gasteiger partial charge on any atom is 0.209 e. The number of hydrogen-bond acceptors (Lipinski definition) is 2. The van der Waals surface area contributed by atoms with Gasteiger partial charge in [0.05, 0.1) is 13.2 Å². The third kappa shape index (κ3) is 6.43. The largest absolute Gasteiger partial charge is 0.378 e. The molecule has 4 heteroatoms. The van der Waals surface area contributed by atoms with E-state index in [1.54, 1.807) is 4.90 Å². The summed E-state index contributed by atoms with van der Waals surface area (Å²) in [4.78, 5) is 11.7. The minimum absolute atomic E-state index is 0.693. The van der Waals surface area contributed by atoms with E-state index in [0.717, 1.165) is 31.8 Å². The number of morpholine rings is 1. The van der Waals surface area contributed by atoms with Gasteiger partial charge in [-0.3, -0.25) is 4.79 Å². The summed E-state index contributed by atoms with van der Waals surface area (Å²) in [6.45, 7) is 4.94. The zero-order valence-corrected chi connectivity index (χ0v) is 8.22. The molecular formula is C8H16ClNO2. The molecule has 1 saturated heterocycles. The van der Waals surface area contributed by atoms with Crippen molar-refractivity contribution in [1.29, 1.82) is 0 Å². The molecule has 1 rings (SSSR count). The van der Waals surface area contributed by atoms with Crippen molar-refractivity contribution in [2.75, 3.05) is 32.2 Å². The number of carbonyl (C=O) groups excluding carboxylic acids is 1. The second-order valence-electron chi connectivity index (χ2n) is 2.44. The van der Waals surface area contributed by atoms with E-state index in [-0.39, 0.29) is 0 Å². The van der Waals surface area contributed by atoms with Crippen LogP contribution >= 0.6 is 11.6 Å². The molecule has 3 nitrogen and oxygen atoms in total. The number of amides is 1. The molecule has 0 bridgehead atoms. The average Bonchev–Trinajstić information content (AvgIpc) is 2.19. The van der Waals surface area contributed by atoms with Crippen molar-refractivity contribution >= 4 is 18.0 Å². The number of halogens is 1. The van der Waals surface area contributed by atoms with Crippen LogP contribution < -0.4 is 0 Å². The van der Waals surface area contributed by atoms with Crippen LogP contribution in [0.25, 0.3) is 0 Å². The van der Waals surface area contributed by atoms with Crippen molar-refractivity contribution in [3.63, 3.8) is 0 Å². The van der Waals surface area contributed by atoms with Gasteiger partial charge in [-0.1, -0.05) is 6.92 Å². The summed E-state index contributed by atoms with van der Waals surface area (Å²) in [6.07, 6.45) is 1.95. The van der Waals surface area contributed by atoms with Crippen molar-refractivity contribution < 1.29 is 9.53 Å². The fraction of sp³-hybridized carbons (Fsp3) is 0.875. The Morgan fingerprint density at radius 2 is 2.00 bits per heavy atom. The highest BCUT2D eigenvalue weighted by atomic mass is 35.5. The number of nitrogens with zero attached hydrogens (tertiary/aromatic N) is 1. The first-order valence-electron chi connectivity index (χ1n) is 4.18. The second kappa shape index (κ2) is 8.81. The molecule has 0 unspecified atom stereocenters. The summed E-state index contributed by atoms with van der Waals surface area (Å²) in [5.41, 5.74) is 0. The highest BCUT2D eigenvalue weighted by Crippen LogP contribution is 1.90. The first-order chi connectivity index (χ1) is 5.85. The van der Waals surface area contributed by atoms with Gasteiger partial charge in [-0.05, 0) is 6.42 Å². The molecule has 0 aliphatic carbocycles. The summed E-state index contributed by atoms with van der Waals surface area (Å²) in [5.74, 6) is 0.792. The summed E-state index contributed by atoms with van der Waals surface area (Å²) in [7, 11) is 0. The monoisotopic (exact) mass is 193 g/mol. The van der Waals surface area contributed by atoms with Gasteiger partial charge in [0, 0.05) is 19.0 Å². The van der Waals surface area contributed by atoms with Crippen LogP contribution in [0.1, 0.15) is 13.3 Å². The molecule has 0 spiro atoms. The van der Waals surface area contributed by atoms with Gasteiger partial charge in [0.1, 0.15) is 0 Å². The molecule has 0 aromatic rings. The Morgan fingerprint density at radius 3 is 2.25 bits per heavy atom. The van der Waals surface area contributed by atoms with Crippen LogP contribution in [0, 0.1) is 0 Å². The fourth-order valence-electron chi connectivity index (χ4n) is 0.683. The molecule has 1 heterocycles. The molecule has 1 amide bonds. The van der Waals surface area contributed by atoms with E-state index in [1.165, 1.54) is 0 Å². The van der Waals surface area contributed by atoms with E-state index in [1.807, 2.05) is 6.92 Å². The molecule has 0 saturated carbocycles. The minimum atomic E-state index is 0.693. The molecule has 0 N–H and O–H groups in total. The van der Waals surface area contributed by atoms with Gasteiger partial charge >= 0.3 is 0 Å². The molecule has 1 aliphatic rings. The lowest BCUT2D eigenvalue weighted by Crippen LogP contribution is -2.34. The number of hydrogen-bond donors (Lipinski definition) is 0. The highest BCUT2D eigenvalue weighted by Gasteiger charge is 2.05. The minimum Gasteiger partial charge on any atom is -0.378 e. The SMILES string of the molecule is CCCCl.O=CN1CCOCC1. The van der Waals surface area contributed by atoms with Crippen molar-refractivity contribution in [2.24, 2.45) is 0 Å². The lowest BCUT2D eigenvalue weighted by molar-refractivity contribution is -0.121. The normalized spacial score (nSPS) is 16.3. The Bertz CT molecular complexity index is 103. The number of alkyl halides is 1. The molecule has 72 valence electrons.